The number of thiophene rings is 1. The summed E-state index contributed by atoms with van der Waals surface area (Å²) in [6.07, 6.45) is -0.0996. The van der Waals surface area contributed by atoms with Crippen molar-refractivity contribution >= 4 is 51.6 Å². The van der Waals surface area contributed by atoms with Crippen LogP contribution in [0.15, 0.2) is 65.1 Å². The summed E-state index contributed by atoms with van der Waals surface area (Å²) in [6, 6.07) is 15.6. The lowest BCUT2D eigenvalue weighted by atomic mass is 10.1. The van der Waals surface area contributed by atoms with Crippen molar-refractivity contribution in [2.24, 2.45) is 10.9 Å². The maximum absolute atomic E-state index is 13.3. The Morgan fingerprint density at radius 2 is 1.91 bits per heavy atom. The fourth-order valence-corrected chi connectivity index (χ4v) is 4.29. The van der Waals surface area contributed by atoms with E-state index in [2.05, 4.69) is 5.16 Å². The summed E-state index contributed by atoms with van der Waals surface area (Å²) >= 11 is 7.36. The third-order valence-corrected chi connectivity index (χ3v) is 6.32. The Labute approximate surface area is 199 Å². The van der Waals surface area contributed by atoms with Gasteiger partial charge in [-0.1, -0.05) is 22.8 Å². The highest BCUT2D eigenvalue weighted by molar-refractivity contribution is 7.12. The highest BCUT2D eigenvalue weighted by Gasteiger charge is 2.22. The number of aromatic nitrogens is 1. The van der Waals surface area contributed by atoms with Crippen molar-refractivity contribution in [2.75, 3.05) is 7.11 Å². The van der Waals surface area contributed by atoms with Crippen molar-refractivity contribution in [1.82, 2.24) is 4.57 Å². The molecule has 0 aliphatic rings. The van der Waals surface area contributed by atoms with E-state index in [1.807, 2.05) is 11.4 Å². The molecule has 0 atom stereocenters. The summed E-state index contributed by atoms with van der Waals surface area (Å²) < 4.78 is 6.92. The number of nitrogens with zero attached hydrogens (tertiary/aromatic N) is 2. The standard InChI is InChI=1S/C24H20ClN3O4S/c1-14-18(13-22(29)32-27-23(26)21-4-3-11-33-21)19-12-17(31-2)9-10-20(19)28(14)24(30)15-5-7-16(25)8-6-15/h3-12H,13H2,1-2H3,(H2,26,27). The molecule has 0 saturated carbocycles. The Morgan fingerprint density at radius 1 is 1.15 bits per heavy atom. The lowest BCUT2D eigenvalue weighted by Gasteiger charge is -2.08. The molecule has 0 aliphatic heterocycles. The Kier molecular flexibility index (Phi) is 6.48. The molecular formula is C24H20ClN3O4S. The van der Waals surface area contributed by atoms with Crippen LogP contribution in [0.1, 0.15) is 26.5 Å². The van der Waals surface area contributed by atoms with Crippen LogP contribution in [0.2, 0.25) is 5.02 Å². The van der Waals surface area contributed by atoms with Gasteiger partial charge < -0.3 is 15.3 Å². The summed E-state index contributed by atoms with van der Waals surface area (Å²) in [6.45, 7) is 1.78. The molecule has 0 saturated heterocycles. The molecular weight excluding hydrogens is 462 g/mol. The minimum absolute atomic E-state index is 0.0996. The van der Waals surface area contributed by atoms with E-state index in [9.17, 15) is 9.59 Å². The van der Waals surface area contributed by atoms with Gasteiger partial charge in [0.15, 0.2) is 5.84 Å². The largest absolute Gasteiger partial charge is 0.497 e. The molecule has 2 N–H and O–H groups in total. The molecule has 0 fully saturated rings. The molecule has 0 aliphatic carbocycles. The number of methoxy groups -OCH3 is 1. The van der Waals surface area contributed by atoms with Crippen LogP contribution in [0.4, 0.5) is 0 Å². The maximum Gasteiger partial charge on any atom is 0.339 e. The van der Waals surface area contributed by atoms with Gasteiger partial charge in [0.05, 0.1) is 23.9 Å². The molecule has 4 aromatic rings. The van der Waals surface area contributed by atoms with E-state index in [4.69, 9.17) is 26.9 Å². The van der Waals surface area contributed by atoms with Crippen LogP contribution in [-0.2, 0) is 16.1 Å². The van der Waals surface area contributed by atoms with Crippen LogP contribution in [0.25, 0.3) is 10.9 Å². The number of carbonyl (C=O) groups is 2. The fourth-order valence-electron chi connectivity index (χ4n) is 3.54. The number of fused-ring (bicyclic) bond motifs is 1. The van der Waals surface area contributed by atoms with Crippen LogP contribution in [-0.4, -0.2) is 29.4 Å². The number of amidine groups is 1. The molecule has 2 aromatic carbocycles. The second-order valence-corrected chi connectivity index (χ2v) is 8.57. The number of hydrogen-bond acceptors (Lipinski definition) is 6. The van der Waals surface area contributed by atoms with E-state index in [1.165, 1.54) is 11.3 Å². The molecule has 0 spiro atoms. The maximum atomic E-state index is 13.3. The van der Waals surface area contributed by atoms with Gasteiger partial charge in [-0.3, -0.25) is 9.36 Å². The van der Waals surface area contributed by atoms with Crippen LogP contribution in [0.3, 0.4) is 0 Å². The van der Waals surface area contributed by atoms with E-state index in [0.717, 1.165) is 0 Å². The first-order valence-electron chi connectivity index (χ1n) is 9.94. The number of ether oxygens (including phenoxy) is 1. The third-order valence-electron chi connectivity index (χ3n) is 5.18. The molecule has 9 heteroatoms. The first kappa shape index (κ1) is 22.6. The number of hydrogen-bond donors (Lipinski definition) is 1. The van der Waals surface area contributed by atoms with E-state index in [1.54, 1.807) is 67.1 Å². The smallest absolute Gasteiger partial charge is 0.339 e. The molecule has 0 bridgehead atoms. The number of oxime groups is 1. The normalized spacial score (nSPS) is 11.5. The summed E-state index contributed by atoms with van der Waals surface area (Å²) in [5.41, 5.74) is 8.24. The van der Waals surface area contributed by atoms with Gasteiger partial charge in [-0.05, 0) is 66.4 Å². The molecule has 7 nitrogen and oxygen atoms in total. The van der Waals surface area contributed by atoms with Crippen molar-refractivity contribution in [2.45, 2.75) is 13.3 Å². The molecule has 33 heavy (non-hydrogen) atoms. The first-order valence-corrected chi connectivity index (χ1v) is 11.2. The van der Waals surface area contributed by atoms with Gasteiger partial charge in [-0.15, -0.1) is 11.3 Å². The number of rotatable bonds is 6. The van der Waals surface area contributed by atoms with Gasteiger partial charge in [0.2, 0.25) is 0 Å². The summed E-state index contributed by atoms with van der Waals surface area (Å²) in [7, 11) is 1.56. The molecule has 0 radical (unpaired) electrons. The van der Waals surface area contributed by atoms with Crippen LogP contribution in [0, 0.1) is 6.92 Å². The fraction of sp³-hybridized carbons (Fsp3) is 0.125. The zero-order valence-corrected chi connectivity index (χ0v) is 19.4. The zero-order chi connectivity index (χ0) is 23.5. The van der Waals surface area contributed by atoms with Crippen molar-refractivity contribution in [3.8, 4) is 5.75 Å². The van der Waals surface area contributed by atoms with Gasteiger partial charge in [0, 0.05) is 21.7 Å². The summed E-state index contributed by atoms with van der Waals surface area (Å²) in [5.74, 6) is -0.109. The van der Waals surface area contributed by atoms with E-state index in [-0.39, 0.29) is 18.2 Å². The minimum Gasteiger partial charge on any atom is -0.497 e. The summed E-state index contributed by atoms with van der Waals surface area (Å²) in [5, 5.41) is 6.85. The Hall–Kier alpha value is -3.62. The lowest BCUT2D eigenvalue weighted by molar-refractivity contribution is -0.142. The monoisotopic (exact) mass is 481 g/mol. The predicted molar refractivity (Wildman–Crippen MR) is 129 cm³/mol. The van der Waals surface area contributed by atoms with Gasteiger partial charge in [0.1, 0.15) is 5.75 Å². The van der Waals surface area contributed by atoms with E-state index < -0.39 is 5.97 Å². The SMILES string of the molecule is COc1ccc2c(c1)c(CC(=O)O/N=C(\N)c1cccs1)c(C)n2C(=O)c1ccc(Cl)cc1. The molecule has 0 unspecified atom stereocenters. The molecule has 0 amide bonds. The number of carbonyl (C=O) groups excluding carboxylic acids is 2. The van der Waals surface area contributed by atoms with E-state index >= 15 is 0 Å². The molecule has 4 rings (SSSR count). The minimum atomic E-state index is -0.599. The van der Waals surface area contributed by atoms with Crippen molar-refractivity contribution < 1.29 is 19.2 Å². The Balaban J connectivity index is 1.70. The Morgan fingerprint density at radius 3 is 2.58 bits per heavy atom. The predicted octanol–water partition coefficient (Wildman–Crippen LogP) is 4.77. The van der Waals surface area contributed by atoms with E-state index in [0.29, 0.717) is 43.4 Å². The highest BCUT2D eigenvalue weighted by Crippen LogP contribution is 2.31. The van der Waals surface area contributed by atoms with Gasteiger partial charge in [-0.25, -0.2) is 4.79 Å². The number of nitrogens with two attached hydrogens (primary N) is 1. The summed E-state index contributed by atoms with van der Waals surface area (Å²) in [4.78, 5) is 31.7. The van der Waals surface area contributed by atoms with Gasteiger partial charge in [0.25, 0.3) is 5.91 Å². The average Bonchev–Trinajstić information content (AvgIpc) is 3.45. The van der Waals surface area contributed by atoms with Gasteiger partial charge in [-0.2, -0.15) is 0 Å². The van der Waals surface area contributed by atoms with Crippen LogP contribution in [0.5, 0.6) is 5.75 Å². The third kappa shape index (κ3) is 4.62. The van der Waals surface area contributed by atoms with Crippen molar-refractivity contribution in [3.05, 3.63) is 86.7 Å². The molecule has 168 valence electrons. The lowest BCUT2D eigenvalue weighted by Crippen LogP contribution is -2.15. The highest BCUT2D eigenvalue weighted by atomic mass is 35.5. The van der Waals surface area contributed by atoms with Crippen molar-refractivity contribution in [1.29, 1.82) is 0 Å². The average molecular weight is 482 g/mol. The number of halogens is 1. The molecule has 2 heterocycles. The van der Waals surface area contributed by atoms with Crippen LogP contribution < -0.4 is 10.5 Å². The van der Waals surface area contributed by atoms with Gasteiger partial charge >= 0.3 is 5.97 Å². The second kappa shape index (κ2) is 9.48. The van der Waals surface area contributed by atoms with Crippen LogP contribution >= 0.6 is 22.9 Å². The van der Waals surface area contributed by atoms with Crippen molar-refractivity contribution in [3.63, 3.8) is 0 Å². The first-order chi connectivity index (χ1) is 15.9. The zero-order valence-electron chi connectivity index (χ0n) is 17.9. The quantitative estimate of drug-likeness (QED) is 0.185. The Bertz CT molecular complexity index is 1360. The second-order valence-electron chi connectivity index (χ2n) is 7.19. The molecule has 2 aromatic heterocycles. The topological polar surface area (TPSA) is 95.9 Å². The number of benzene rings is 2.